The lowest BCUT2D eigenvalue weighted by Gasteiger charge is -2.31. The van der Waals surface area contributed by atoms with Gasteiger partial charge in [0.15, 0.2) is 15.7 Å². The van der Waals surface area contributed by atoms with Gasteiger partial charge >= 0.3 is 0 Å². The van der Waals surface area contributed by atoms with Gasteiger partial charge in [0.1, 0.15) is 4.75 Å². The van der Waals surface area contributed by atoms with Crippen LogP contribution in [0.25, 0.3) is 0 Å². The highest BCUT2D eigenvalue weighted by atomic mass is 32.2. The molecule has 148 valence electrons. The summed E-state index contributed by atoms with van der Waals surface area (Å²) in [6.45, 7) is 3.48. The molecule has 1 saturated heterocycles. The molecule has 0 aromatic heterocycles. The predicted octanol–water partition coefficient (Wildman–Crippen LogP) is 2.32. The summed E-state index contributed by atoms with van der Waals surface area (Å²) in [6.07, 6.45) is 6.73. The summed E-state index contributed by atoms with van der Waals surface area (Å²) in [6, 6.07) is 0. The number of amides is 1. The minimum atomic E-state index is -3.63. The molecule has 1 amide bonds. The van der Waals surface area contributed by atoms with Gasteiger partial charge in [0.2, 0.25) is 5.91 Å². The molecule has 2 rings (SSSR count). The quantitative estimate of drug-likeness (QED) is 0.516. The van der Waals surface area contributed by atoms with Crippen LogP contribution in [0.15, 0.2) is 12.0 Å². The van der Waals surface area contributed by atoms with Crippen molar-refractivity contribution in [2.24, 2.45) is 0 Å². The lowest BCUT2D eigenvalue weighted by Crippen LogP contribution is -2.51. The first-order chi connectivity index (χ1) is 12.2. The van der Waals surface area contributed by atoms with E-state index in [4.69, 9.17) is 14.9 Å². The maximum Gasteiger partial charge on any atom is 0.247 e. The van der Waals surface area contributed by atoms with Crippen LogP contribution in [-0.4, -0.2) is 49.9 Å². The molecule has 2 aliphatic rings. The van der Waals surface area contributed by atoms with Crippen molar-refractivity contribution in [3.8, 4) is 0 Å². The number of nitrogens with one attached hydrogen (secondary N) is 2. The Labute approximate surface area is 155 Å². The Morgan fingerprint density at radius 2 is 1.85 bits per heavy atom. The normalized spacial score (nSPS) is 22.9. The van der Waals surface area contributed by atoms with Crippen molar-refractivity contribution in [1.29, 1.82) is 5.41 Å². The van der Waals surface area contributed by atoms with Gasteiger partial charge in [-0.25, -0.2) is 8.42 Å². The van der Waals surface area contributed by atoms with Crippen molar-refractivity contribution < 1.29 is 22.7 Å². The van der Waals surface area contributed by atoms with E-state index in [1.807, 2.05) is 0 Å². The Balaban J connectivity index is 2.10. The molecule has 1 unspecified atom stereocenters. The van der Waals surface area contributed by atoms with Crippen molar-refractivity contribution in [2.45, 2.75) is 74.9 Å². The molecular formula is C18H30N2O5S. The largest absolute Gasteiger partial charge is 0.482 e. The highest BCUT2D eigenvalue weighted by molar-refractivity contribution is 7.94. The minimum absolute atomic E-state index is 0.0578. The van der Waals surface area contributed by atoms with Gasteiger partial charge in [0.25, 0.3) is 0 Å². The Bertz CT molecular complexity index is 657. The molecule has 1 atom stereocenters. The first kappa shape index (κ1) is 20.9. The fourth-order valence-electron chi connectivity index (χ4n) is 3.39. The van der Waals surface area contributed by atoms with Crippen LogP contribution in [0.1, 0.15) is 58.8 Å². The van der Waals surface area contributed by atoms with E-state index in [-0.39, 0.29) is 17.7 Å². The van der Waals surface area contributed by atoms with Crippen molar-refractivity contribution in [2.75, 3.05) is 13.7 Å². The zero-order valence-corrected chi connectivity index (χ0v) is 16.7. The second kappa shape index (κ2) is 8.52. The molecule has 0 aromatic carbocycles. The lowest BCUT2D eigenvalue weighted by molar-refractivity contribution is -0.122. The molecule has 2 N–H and O–H groups in total. The predicted molar refractivity (Wildman–Crippen MR) is 99.8 cm³/mol. The molecule has 0 bridgehead atoms. The molecule has 0 spiro atoms. The molecule has 0 radical (unpaired) electrons. The van der Waals surface area contributed by atoms with Gasteiger partial charge in [0, 0.05) is 12.7 Å². The SMILES string of the molecule is CO/C(=C\C(=N)C1CCCO1)NC(=O)C(C)(C)S(=O)(=O)C1CCCCC1. The third kappa shape index (κ3) is 4.46. The van der Waals surface area contributed by atoms with Crippen LogP contribution in [-0.2, 0) is 24.1 Å². The first-order valence-corrected chi connectivity index (χ1v) is 10.8. The van der Waals surface area contributed by atoms with Crippen LogP contribution in [0.5, 0.6) is 0 Å². The molecule has 1 heterocycles. The van der Waals surface area contributed by atoms with Crippen LogP contribution in [0.2, 0.25) is 0 Å². The van der Waals surface area contributed by atoms with Gasteiger partial charge in [-0.2, -0.15) is 0 Å². The van der Waals surface area contributed by atoms with Crippen LogP contribution < -0.4 is 5.32 Å². The molecule has 2 fully saturated rings. The standard InChI is InChI=1S/C18H30N2O5S/c1-18(2,26(22,23)13-8-5-4-6-9-13)17(21)20-16(24-3)12-14(19)15-10-7-11-25-15/h12-13,15,19H,4-11H2,1-3H3,(H,20,21)/b16-12-,19-14?. The fraction of sp³-hybridized carbons (Fsp3) is 0.778. The summed E-state index contributed by atoms with van der Waals surface area (Å²) in [5.41, 5.74) is 0.201. The Hall–Kier alpha value is -1.41. The fourth-order valence-corrected chi connectivity index (χ4v) is 5.48. The van der Waals surface area contributed by atoms with Gasteiger partial charge in [-0.05, 0) is 39.5 Å². The summed E-state index contributed by atoms with van der Waals surface area (Å²) < 4.78 is 34.9. The van der Waals surface area contributed by atoms with E-state index in [1.165, 1.54) is 27.0 Å². The summed E-state index contributed by atoms with van der Waals surface area (Å²) in [4.78, 5) is 12.7. The van der Waals surface area contributed by atoms with Gasteiger partial charge in [-0.3, -0.25) is 10.1 Å². The summed E-state index contributed by atoms with van der Waals surface area (Å²) in [5, 5.41) is 10.1. The van der Waals surface area contributed by atoms with E-state index in [0.717, 1.165) is 32.1 Å². The molecule has 1 aliphatic carbocycles. The molecular weight excluding hydrogens is 356 g/mol. The van der Waals surface area contributed by atoms with E-state index in [9.17, 15) is 13.2 Å². The van der Waals surface area contributed by atoms with E-state index in [0.29, 0.717) is 19.4 Å². The first-order valence-electron chi connectivity index (χ1n) is 9.20. The number of sulfone groups is 1. The number of ether oxygens (including phenoxy) is 2. The van der Waals surface area contributed by atoms with Gasteiger partial charge in [-0.1, -0.05) is 19.3 Å². The highest BCUT2D eigenvalue weighted by Crippen LogP contribution is 2.31. The molecule has 8 heteroatoms. The van der Waals surface area contributed by atoms with Gasteiger partial charge < -0.3 is 14.9 Å². The lowest BCUT2D eigenvalue weighted by atomic mass is 10.0. The second-order valence-electron chi connectivity index (χ2n) is 7.44. The van der Waals surface area contributed by atoms with E-state index in [1.54, 1.807) is 0 Å². The Morgan fingerprint density at radius 1 is 1.19 bits per heavy atom. The van der Waals surface area contributed by atoms with Crippen molar-refractivity contribution in [3.05, 3.63) is 12.0 Å². The number of hydrogen-bond acceptors (Lipinski definition) is 6. The zero-order chi connectivity index (χ0) is 19.4. The number of carbonyl (C=O) groups excluding carboxylic acids is 1. The van der Waals surface area contributed by atoms with Crippen LogP contribution >= 0.6 is 0 Å². The summed E-state index contributed by atoms with van der Waals surface area (Å²) >= 11 is 0. The van der Waals surface area contributed by atoms with Gasteiger partial charge in [-0.15, -0.1) is 0 Å². The van der Waals surface area contributed by atoms with E-state index >= 15 is 0 Å². The van der Waals surface area contributed by atoms with Crippen molar-refractivity contribution in [3.63, 3.8) is 0 Å². The van der Waals surface area contributed by atoms with E-state index < -0.39 is 25.7 Å². The third-order valence-corrected chi connectivity index (χ3v) is 8.23. The average Bonchev–Trinajstić information content (AvgIpc) is 3.16. The number of carbonyl (C=O) groups is 1. The van der Waals surface area contributed by atoms with Crippen molar-refractivity contribution in [1.82, 2.24) is 5.32 Å². The van der Waals surface area contributed by atoms with Crippen molar-refractivity contribution >= 4 is 21.5 Å². The second-order valence-corrected chi connectivity index (χ2v) is 10.2. The maximum atomic E-state index is 13.0. The monoisotopic (exact) mass is 386 g/mol. The van der Waals surface area contributed by atoms with Crippen LogP contribution in [0.4, 0.5) is 0 Å². The van der Waals surface area contributed by atoms with Crippen LogP contribution in [0, 0.1) is 5.41 Å². The summed E-state index contributed by atoms with van der Waals surface area (Å²) in [5.74, 6) is -0.585. The zero-order valence-electron chi connectivity index (χ0n) is 15.8. The highest BCUT2D eigenvalue weighted by Gasteiger charge is 2.46. The average molecular weight is 387 g/mol. The molecule has 1 aliphatic heterocycles. The molecule has 7 nitrogen and oxygen atoms in total. The smallest absolute Gasteiger partial charge is 0.247 e. The minimum Gasteiger partial charge on any atom is -0.482 e. The Morgan fingerprint density at radius 3 is 2.38 bits per heavy atom. The van der Waals surface area contributed by atoms with E-state index in [2.05, 4.69) is 5.32 Å². The van der Waals surface area contributed by atoms with Crippen LogP contribution in [0.3, 0.4) is 0 Å². The summed E-state index contributed by atoms with van der Waals surface area (Å²) in [7, 11) is -2.26. The van der Waals surface area contributed by atoms with Gasteiger partial charge in [0.05, 0.1) is 24.2 Å². The maximum absolute atomic E-state index is 13.0. The number of methoxy groups -OCH3 is 1. The Kier molecular flexibility index (Phi) is 6.85. The third-order valence-electron chi connectivity index (χ3n) is 5.27. The number of hydrogen-bond donors (Lipinski definition) is 2. The molecule has 0 aromatic rings. The number of rotatable bonds is 7. The topological polar surface area (TPSA) is 106 Å². The molecule has 1 saturated carbocycles. The molecule has 26 heavy (non-hydrogen) atoms.